The van der Waals surface area contributed by atoms with E-state index >= 15 is 0 Å². The summed E-state index contributed by atoms with van der Waals surface area (Å²) in [5.74, 6) is 0. The third-order valence-electron chi connectivity index (χ3n) is 2.32. The van der Waals surface area contributed by atoms with E-state index in [0.717, 1.165) is 18.4 Å². The van der Waals surface area contributed by atoms with Crippen molar-refractivity contribution < 1.29 is 4.79 Å². The van der Waals surface area contributed by atoms with Gasteiger partial charge in [-0.1, -0.05) is 24.4 Å². The van der Waals surface area contributed by atoms with Gasteiger partial charge in [0.2, 0.25) is 0 Å². The van der Waals surface area contributed by atoms with Crippen LogP contribution in [-0.2, 0) is 0 Å². The second-order valence-corrected chi connectivity index (χ2v) is 4.26. The SMILES string of the molecule is NC(=S)c1cccc(NC(=O)NC2CC2)c1. The number of hydrogen-bond acceptors (Lipinski definition) is 2. The number of carbonyl (C=O) groups excluding carboxylic acids is 1. The number of amides is 2. The Hall–Kier alpha value is -1.62. The van der Waals surface area contributed by atoms with E-state index in [2.05, 4.69) is 10.6 Å². The van der Waals surface area contributed by atoms with E-state index in [1.54, 1.807) is 18.2 Å². The van der Waals surface area contributed by atoms with Gasteiger partial charge in [-0.05, 0) is 25.0 Å². The second kappa shape index (κ2) is 4.49. The van der Waals surface area contributed by atoms with E-state index in [1.165, 1.54) is 0 Å². The quantitative estimate of drug-likeness (QED) is 0.697. The number of anilines is 1. The van der Waals surface area contributed by atoms with Crippen LogP contribution in [-0.4, -0.2) is 17.1 Å². The minimum atomic E-state index is -0.178. The van der Waals surface area contributed by atoms with E-state index in [-0.39, 0.29) is 6.03 Å². The van der Waals surface area contributed by atoms with Crippen molar-refractivity contribution in [3.8, 4) is 0 Å². The fourth-order valence-electron chi connectivity index (χ4n) is 1.33. The Kier molecular flexibility index (Phi) is 3.05. The predicted molar refractivity (Wildman–Crippen MR) is 67.5 cm³/mol. The lowest BCUT2D eigenvalue weighted by Crippen LogP contribution is -2.30. The van der Waals surface area contributed by atoms with Gasteiger partial charge in [0.05, 0.1) is 0 Å². The predicted octanol–water partition coefficient (Wildman–Crippen LogP) is 1.60. The Balaban J connectivity index is 1.99. The number of rotatable bonds is 3. The summed E-state index contributed by atoms with van der Waals surface area (Å²) in [6.45, 7) is 0. The molecule has 0 bridgehead atoms. The van der Waals surface area contributed by atoms with Gasteiger partial charge in [0.15, 0.2) is 0 Å². The molecule has 0 radical (unpaired) electrons. The number of benzene rings is 1. The summed E-state index contributed by atoms with van der Waals surface area (Å²) in [4.78, 5) is 11.8. The first-order valence-corrected chi connectivity index (χ1v) is 5.53. The topological polar surface area (TPSA) is 67.1 Å². The number of hydrogen-bond donors (Lipinski definition) is 3. The first-order chi connectivity index (χ1) is 7.65. The van der Waals surface area contributed by atoms with Crippen molar-refractivity contribution in [1.82, 2.24) is 5.32 Å². The molecular weight excluding hydrogens is 222 g/mol. The molecule has 1 aromatic carbocycles. The summed E-state index contributed by atoms with van der Waals surface area (Å²) in [5, 5.41) is 5.58. The summed E-state index contributed by atoms with van der Waals surface area (Å²) in [7, 11) is 0. The number of nitrogens with one attached hydrogen (secondary N) is 2. The first kappa shape index (κ1) is 10.9. The van der Waals surface area contributed by atoms with E-state index < -0.39 is 0 Å². The van der Waals surface area contributed by atoms with Crippen LogP contribution in [0.4, 0.5) is 10.5 Å². The second-order valence-electron chi connectivity index (χ2n) is 3.82. The highest BCUT2D eigenvalue weighted by Crippen LogP contribution is 2.19. The molecule has 0 aromatic heterocycles. The lowest BCUT2D eigenvalue weighted by Gasteiger charge is -2.07. The van der Waals surface area contributed by atoms with Crippen LogP contribution in [0.25, 0.3) is 0 Å². The molecule has 16 heavy (non-hydrogen) atoms. The molecular formula is C11H13N3OS. The van der Waals surface area contributed by atoms with Crippen LogP contribution in [0.2, 0.25) is 0 Å². The fourth-order valence-corrected chi connectivity index (χ4v) is 1.46. The maximum atomic E-state index is 11.5. The van der Waals surface area contributed by atoms with Crippen LogP contribution in [0.5, 0.6) is 0 Å². The van der Waals surface area contributed by atoms with Crippen LogP contribution in [0.3, 0.4) is 0 Å². The molecule has 0 spiro atoms. The monoisotopic (exact) mass is 235 g/mol. The first-order valence-electron chi connectivity index (χ1n) is 5.12. The molecule has 84 valence electrons. The minimum absolute atomic E-state index is 0.178. The molecule has 0 heterocycles. The van der Waals surface area contributed by atoms with Gasteiger partial charge >= 0.3 is 6.03 Å². The highest BCUT2D eigenvalue weighted by atomic mass is 32.1. The lowest BCUT2D eigenvalue weighted by molar-refractivity contribution is 0.251. The van der Waals surface area contributed by atoms with Crippen molar-refractivity contribution in [2.45, 2.75) is 18.9 Å². The number of urea groups is 1. The van der Waals surface area contributed by atoms with Gasteiger partial charge in [0, 0.05) is 17.3 Å². The van der Waals surface area contributed by atoms with Gasteiger partial charge in [0.1, 0.15) is 4.99 Å². The summed E-state index contributed by atoms with van der Waals surface area (Å²) in [5.41, 5.74) is 6.95. The van der Waals surface area contributed by atoms with Gasteiger partial charge in [-0.15, -0.1) is 0 Å². The molecule has 0 aliphatic heterocycles. The Morgan fingerprint density at radius 1 is 1.44 bits per heavy atom. The van der Waals surface area contributed by atoms with Crippen LogP contribution < -0.4 is 16.4 Å². The van der Waals surface area contributed by atoms with Crippen LogP contribution in [0.1, 0.15) is 18.4 Å². The zero-order valence-corrected chi connectivity index (χ0v) is 9.51. The maximum Gasteiger partial charge on any atom is 0.319 e. The average molecular weight is 235 g/mol. The normalized spacial score (nSPS) is 14.2. The van der Waals surface area contributed by atoms with Crippen LogP contribution in [0.15, 0.2) is 24.3 Å². The fraction of sp³-hybridized carbons (Fsp3) is 0.273. The third-order valence-corrected chi connectivity index (χ3v) is 2.55. The molecule has 1 aromatic rings. The van der Waals surface area contributed by atoms with E-state index in [0.29, 0.717) is 16.7 Å². The molecule has 0 atom stereocenters. The largest absolute Gasteiger partial charge is 0.389 e. The van der Waals surface area contributed by atoms with Gasteiger partial charge in [-0.2, -0.15) is 0 Å². The van der Waals surface area contributed by atoms with Gasteiger partial charge < -0.3 is 16.4 Å². The molecule has 4 N–H and O–H groups in total. The summed E-state index contributed by atoms with van der Waals surface area (Å²) < 4.78 is 0. The molecule has 0 saturated heterocycles. The van der Waals surface area contributed by atoms with Crippen molar-refractivity contribution in [3.63, 3.8) is 0 Å². The summed E-state index contributed by atoms with van der Waals surface area (Å²) in [6.07, 6.45) is 2.14. The van der Waals surface area contributed by atoms with Crippen molar-refractivity contribution in [1.29, 1.82) is 0 Å². The molecule has 0 unspecified atom stereocenters. The van der Waals surface area contributed by atoms with Crippen LogP contribution >= 0.6 is 12.2 Å². The zero-order chi connectivity index (χ0) is 11.5. The highest BCUT2D eigenvalue weighted by molar-refractivity contribution is 7.80. The average Bonchev–Trinajstić information content (AvgIpc) is 3.01. The molecule has 5 heteroatoms. The molecule has 1 saturated carbocycles. The Morgan fingerprint density at radius 3 is 2.81 bits per heavy atom. The molecule has 1 aliphatic rings. The Labute approximate surface area is 99.2 Å². The van der Waals surface area contributed by atoms with Gasteiger partial charge in [-0.3, -0.25) is 0 Å². The summed E-state index contributed by atoms with van der Waals surface area (Å²) in [6, 6.07) is 7.35. The minimum Gasteiger partial charge on any atom is -0.389 e. The number of nitrogens with two attached hydrogens (primary N) is 1. The van der Waals surface area contributed by atoms with Crippen molar-refractivity contribution in [3.05, 3.63) is 29.8 Å². The van der Waals surface area contributed by atoms with Crippen molar-refractivity contribution in [2.75, 3.05) is 5.32 Å². The molecule has 2 rings (SSSR count). The van der Waals surface area contributed by atoms with Gasteiger partial charge in [-0.25, -0.2) is 4.79 Å². The molecule has 2 amide bonds. The number of carbonyl (C=O) groups is 1. The van der Waals surface area contributed by atoms with Crippen molar-refractivity contribution in [2.24, 2.45) is 5.73 Å². The molecule has 1 fully saturated rings. The van der Waals surface area contributed by atoms with E-state index in [4.69, 9.17) is 18.0 Å². The molecule has 1 aliphatic carbocycles. The summed E-state index contributed by atoms with van der Waals surface area (Å²) >= 11 is 4.86. The zero-order valence-electron chi connectivity index (χ0n) is 8.69. The lowest BCUT2D eigenvalue weighted by atomic mass is 10.2. The van der Waals surface area contributed by atoms with Gasteiger partial charge in [0.25, 0.3) is 0 Å². The van der Waals surface area contributed by atoms with E-state index in [9.17, 15) is 4.79 Å². The number of thiocarbonyl (C=S) groups is 1. The van der Waals surface area contributed by atoms with Crippen molar-refractivity contribution >= 4 is 28.9 Å². The van der Waals surface area contributed by atoms with Crippen LogP contribution in [0, 0.1) is 0 Å². The highest BCUT2D eigenvalue weighted by Gasteiger charge is 2.23. The standard InChI is InChI=1S/C11H13N3OS/c12-10(16)7-2-1-3-9(6-7)14-11(15)13-8-4-5-8/h1-3,6,8H,4-5H2,(H2,12,16)(H2,13,14,15). The molecule has 4 nitrogen and oxygen atoms in total. The Morgan fingerprint density at radius 2 is 2.19 bits per heavy atom. The van der Waals surface area contributed by atoms with E-state index in [1.807, 2.05) is 6.07 Å². The third kappa shape index (κ3) is 2.93. The maximum absolute atomic E-state index is 11.5. The smallest absolute Gasteiger partial charge is 0.319 e. The Bertz CT molecular complexity index is 429.